The number of methoxy groups -OCH3 is 2. The van der Waals surface area contributed by atoms with Crippen LogP contribution in [0.25, 0.3) is 0 Å². The number of alkyl carbamates (subject to hydrolysis) is 1. The first-order valence-corrected chi connectivity index (χ1v) is 6.45. The maximum Gasteiger partial charge on any atom is 0.407 e. The molecule has 0 aliphatic heterocycles. The van der Waals surface area contributed by atoms with Gasteiger partial charge in [0.15, 0.2) is 0 Å². The van der Waals surface area contributed by atoms with Crippen molar-refractivity contribution in [3.8, 4) is 5.75 Å². The van der Waals surface area contributed by atoms with Crippen LogP contribution in [0.3, 0.4) is 0 Å². The van der Waals surface area contributed by atoms with Gasteiger partial charge in [-0.25, -0.2) is 9.59 Å². The number of ether oxygens (including phenoxy) is 3. The van der Waals surface area contributed by atoms with Crippen LogP contribution in [0, 0.1) is 0 Å². The Balaban J connectivity index is 2.83. The highest BCUT2D eigenvalue weighted by molar-refractivity contribution is 5.81. The van der Waals surface area contributed by atoms with Crippen molar-refractivity contribution in [3.05, 3.63) is 23.8 Å². The second-order valence-corrected chi connectivity index (χ2v) is 4.22. The van der Waals surface area contributed by atoms with E-state index in [-0.39, 0.29) is 13.0 Å². The zero-order valence-electron chi connectivity index (χ0n) is 12.3. The fourth-order valence-corrected chi connectivity index (χ4v) is 1.80. The summed E-state index contributed by atoms with van der Waals surface area (Å²) < 4.78 is 14.5. The lowest BCUT2D eigenvalue weighted by molar-refractivity contribution is -0.142. The monoisotopic (exact) mass is 296 g/mol. The molecule has 0 unspecified atom stereocenters. The Bertz CT molecular complexity index is 504. The Hall–Kier alpha value is -2.44. The van der Waals surface area contributed by atoms with Crippen LogP contribution in [0.15, 0.2) is 18.2 Å². The Kier molecular flexibility index (Phi) is 6.32. The smallest absolute Gasteiger partial charge is 0.407 e. The normalized spacial score (nSPS) is 11.4. The number of hydrogen-bond donors (Lipinski definition) is 2. The number of carbonyl (C=O) groups is 2. The fourth-order valence-electron chi connectivity index (χ4n) is 1.80. The maximum atomic E-state index is 11.7. The molecule has 0 fully saturated rings. The summed E-state index contributed by atoms with van der Waals surface area (Å²) in [6, 6.07) is 4.30. The first-order chi connectivity index (χ1) is 10.0. The molecule has 1 aromatic carbocycles. The van der Waals surface area contributed by atoms with Crippen molar-refractivity contribution < 1.29 is 23.8 Å². The first kappa shape index (κ1) is 16.6. The van der Waals surface area contributed by atoms with Gasteiger partial charge in [0, 0.05) is 6.42 Å². The minimum absolute atomic E-state index is 0.217. The molecule has 0 aromatic heterocycles. The fraction of sp³-hybridized carbons (Fsp3) is 0.429. The van der Waals surface area contributed by atoms with Gasteiger partial charge in [-0.15, -0.1) is 0 Å². The van der Waals surface area contributed by atoms with Gasteiger partial charge in [-0.05, 0) is 24.6 Å². The van der Waals surface area contributed by atoms with Crippen LogP contribution in [0.1, 0.15) is 12.5 Å². The summed E-state index contributed by atoms with van der Waals surface area (Å²) in [7, 11) is 2.77. The molecule has 0 saturated carbocycles. The summed E-state index contributed by atoms with van der Waals surface area (Å²) in [5, 5.41) is 2.46. The van der Waals surface area contributed by atoms with E-state index in [0.717, 1.165) is 5.56 Å². The lowest BCUT2D eigenvalue weighted by Gasteiger charge is -2.16. The molecule has 1 aromatic rings. The topological polar surface area (TPSA) is 99.9 Å². The molecule has 0 radical (unpaired) electrons. The van der Waals surface area contributed by atoms with Crippen LogP contribution < -0.4 is 15.8 Å². The first-order valence-electron chi connectivity index (χ1n) is 6.45. The van der Waals surface area contributed by atoms with Gasteiger partial charge in [-0.1, -0.05) is 6.07 Å². The number of nitrogens with two attached hydrogens (primary N) is 1. The van der Waals surface area contributed by atoms with E-state index < -0.39 is 18.1 Å². The number of rotatable bonds is 6. The van der Waals surface area contributed by atoms with Gasteiger partial charge in [-0.2, -0.15) is 0 Å². The van der Waals surface area contributed by atoms with Gasteiger partial charge < -0.3 is 25.3 Å². The quantitative estimate of drug-likeness (QED) is 0.602. The van der Waals surface area contributed by atoms with Gasteiger partial charge in [0.1, 0.15) is 11.8 Å². The van der Waals surface area contributed by atoms with Crippen molar-refractivity contribution in [2.24, 2.45) is 0 Å². The van der Waals surface area contributed by atoms with Crippen LogP contribution >= 0.6 is 0 Å². The predicted octanol–water partition coefficient (Wildman–Crippen LogP) is 1.11. The second-order valence-electron chi connectivity index (χ2n) is 4.22. The number of nitrogens with one attached hydrogen (secondary N) is 1. The lowest BCUT2D eigenvalue weighted by atomic mass is 10.0. The lowest BCUT2D eigenvalue weighted by Crippen LogP contribution is -2.43. The van der Waals surface area contributed by atoms with Gasteiger partial charge in [-0.3, -0.25) is 0 Å². The van der Waals surface area contributed by atoms with Crippen LogP contribution in [-0.2, 0) is 20.7 Å². The number of anilines is 1. The molecular formula is C14H20N2O5. The summed E-state index contributed by atoms with van der Waals surface area (Å²) in [6.45, 7) is 1.89. The number of carbonyl (C=O) groups excluding carboxylic acids is 2. The molecule has 7 nitrogen and oxygen atoms in total. The third kappa shape index (κ3) is 4.87. The van der Waals surface area contributed by atoms with E-state index in [2.05, 4.69) is 10.1 Å². The number of nitrogen functional groups attached to an aromatic ring is 1. The average Bonchev–Trinajstić information content (AvgIpc) is 2.46. The van der Waals surface area contributed by atoms with Gasteiger partial charge in [0.05, 0.1) is 26.5 Å². The summed E-state index contributed by atoms with van der Waals surface area (Å²) in [5.74, 6) is -0.0100. The summed E-state index contributed by atoms with van der Waals surface area (Å²) >= 11 is 0. The van der Waals surface area contributed by atoms with E-state index in [9.17, 15) is 9.59 Å². The highest BCUT2D eigenvalue weighted by Gasteiger charge is 2.22. The third-order valence-electron chi connectivity index (χ3n) is 2.79. The van der Waals surface area contributed by atoms with Crippen molar-refractivity contribution in [3.63, 3.8) is 0 Å². The van der Waals surface area contributed by atoms with Crippen molar-refractivity contribution in [2.45, 2.75) is 19.4 Å². The van der Waals surface area contributed by atoms with Crippen LogP contribution in [0.2, 0.25) is 0 Å². The van der Waals surface area contributed by atoms with Crippen molar-refractivity contribution in [1.29, 1.82) is 0 Å². The van der Waals surface area contributed by atoms with E-state index >= 15 is 0 Å². The minimum atomic E-state index is -0.846. The molecule has 0 aliphatic carbocycles. The second kappa shape index (κ2) is 7.98. The molecular weight excluding hydrogens is 276 g/mol. The van der Waals surface area contributed by atoms with Crippen molar-refractivity contribution in [1.82, 2.24) is 5.32 Å². The highest BCUT2D eigenvalue weighted by Crippen LogP contribution is 2.22. The number of benzene rings is 1. The zero-order chi connectivity index (χ0) is 15.8. The van der Waals surface area contributed by atoms with Crippen molar-refractivity contribution in [2.75, 3.05) is 26.6 Å². The number of hydrogen-bond acceptors (Lipinski definition) is 6. The molecule has 7 heteroatoms. The van der Waals surface area contributed by atoms with Crippen LogP contribution in [0.5, 0.6) is 5.75 Å². The molecule has 116 valence electrons. The van der Waals surface area contributed by atoms with Crippen molar-refractivity contribution >= 4 is 17.7 Å². The highest BCUT2D eigenvalue weighted by atomic mass is 16.6. The molecule has 0 saturated heterocycles. The molecule has 1 atom stereocenters. The molecule has 0 spiro atoms. The number of amides is 1. The van der Waals surface area contributed by atoms with E-state index in [1.54, 1.807) is 25.1 Å². The SMILES string of the molecule is CCOC(=O)N[C@@H](Cc1ccc(OC)c(N)c1)C(=O)OC. The molecule has 0 bridgehead atoms. The Morgan fingerprint density at radius 1 is 1.33 bits per heavy atom. The van der Waals surface area contributed by atoms with Crippen LogP contribution in [-0.4, -0.2) is 38.9 Å². The third-order valence-corrected chi connectivity index (χ3v) is 2.79. The minimum Gasteiger partial charge on any atom is -0.495 e. The number of esters is 1. The summed E-state index contributed by atoms with van der Waals surface area (Å²) in [5.41, 5.74) is 7.03. The standard InChI is InChI=1S/C14H20N2O5/c1-4-21-14(18)16-11(13(17)20-3)8-9-5-6-12(19-2)10(15)7-9/h5-7,11H,4,8,15H2,1-3H3,(H,16,18)/t11-/m0/s1. The zero-order valence-corrected chi connectivity index (χ0v) is 12.3. The predicted molar refractivity (Wildman–Crippen MR) is 77.1 cm³/mol. The average molecular weight is 296 g/mol. The summed E-state index contributed by atoms with van der Waals surface area (Å²) in [4.78, 5) is 23.2. The molecule has 1 amide bonds. The molecule has 1 rings (SSSR count). The molecule has 0 aliphatic rings. The Labute approximate surface area is 123 Å². The Morgan fingerprint density at radius 3 is 2.57 bits per heavy atom. The summed E-state index contributed by atoms with van der Waals surface area (Å²) in [6.07, 6.45) is -0.436. The van der Waals surface area contributed by atoms with Gasteiger partial charge in [0.2, 0.25) is 0 Å². The van der Waals surface area contributed by atoms with Gasteiger partial charge in [0.25, 0.3) is 0 Å². The Morgan fingerprint density at radius 2 is 2.05 bits per heavy atom. The van der Waals surface area contributed by atoms with E-state index in [0.29, 0.717) is 11.4 Å². The van der Waals surface area contributed by atoms with E-state index in [4.69, 9.17) is 15.2 Å². The maximum absolute atomic E-state index is 11.7. The van der Waals surface area contributed by atoms with Gasteiger partial charge >= 0.3 is 12.1 Å². The molecule has 21 heavy (non-hydrogen) atoms. The van der Waals surface area contributed by atoms with Crippen LogP contribution in [0.4, 0.5) is 10.5 Å². The van der Waals surface area contributed by atoms with E-state index in [1.807, 2.05) is 0 Å². The molecule has 3 N–H and O–H groups in total. The van der Waals surface area contributed by atoms with E-state index in [1.165, 1.54) is 14.2 Å². The largest absolute Gasteiger partial charge is 0.495 e. The molecule has 0 heterocycles.